The van der Waals surface area contributed by atoms with Crippen LogP contribution in [0.5, 0.6) is 0 Å². The van der Waals surface area contributed by atoms with Crippen molar-refractivity contribution in [3.05, 3.63) is 59.7 Å². The summed E-state index contributed by atoms with van der Waals surface area (Å²) in [4.78, 5) is 24.7. The molecule has 1 heterocycles. The lowest BCUT2D eigenvalue weighted by Crippen LogP contribution is -2.45. The lowest BCUT2D eigenvalue weighted by atomic mass is 10.1. The minimum absolute atomic E-state index is 0.120. The van der Waals surface area contributed by atoms with Crippen LogP contribution in [0.1, 0.15) is 28.8 Å². The minimum atomic E-state index is -0.340. The maximum Gasteiger partial charge on any atom is 0.323 e. The molecule has 1 fully saturated rings. The molecule has 0 aromatic heterocycles. The van der Waals surface area contributed by atoms with E-state index in [1.54, 1.807) is 12.1 Å². The van der Waals surface area contributed by atoms with E-state index in [1.807, 2.05) is 43.3 Å². The summed E-state index contributed by atoms with van der Waals surface area (Å²) >= 11 is 0. The number of carbonyl (C=O) groups excluding carboxylic acids is 2. The van der Waals surface area contributed by atoms with Gasteiger partial charge in [-0.15, -0.1) is 0 Å². The molecule has 1 saturated heterocycles. The SMILES string of the molecule is Cc1ccc(C(=O)N[C@H]2CCCNC2)cc1NC(=O)Nc1ccccc1. The highest BCUT2D eigenvalue weighted by atomic mass is 16.2. The molecule has 1 aliphatic heterocycles. The summed E-state index contributed by atoms with van der Waals surface area (Å²) in [6, 6.07) is 14.4. The van der Waals surface area contributed by atoms with Crippen LogP contribution in [0.3, 0.4) is 0 Å². The van der Waals surface area contributed by atoms with Crippen LogP contribution in [0.4, 0.5) is 16.2 Å². The van der Waals surface area contributed by atoms with Gasteiger partial charge in [0.25, 0.3) is 5.91 Å². The third-order valence-corrected chi connectivity index (χ3v) is 4.41. The number of urea groups is 1. The molecule has 0 saturated carbocycles. The zero-order valence-corrected chi connectivity index (χ0v) is 14.8. The second kappa shape index (κ2) is 8.49. The fourth-order valence-electron chi connectivity index (χ4n) is 2.95. The number of nitrogens with one attached hydrogen (secondary N) is 4. The van der Waals surface area contributed by atoms with Crippen molar-refractivity contribution in [1.82, 2.24) is 10.6 Å². The Bertz CT molecular complexity index is 771. The van der Waals surface area contributed by atoms with Gasteiger partial charge in [-0.1, -0.05) is 24.3 Å². The molecule has 26 heavy (non-hydrogen) atoms. The van der Waals surface area contributed by atoms with E-state index in [4.69, 9.17) is 0 Å². The first-order valence-corrected chi connectivity index (χ1v) is 8.87. The summed E-state index contributed by atoms with van der Waals surface area (Å²) in [5, 5.41) is 11.9. The molecule has 1 aliphatic rings. The van der Waals surface area contributed by atoms with Gasteiger partial charge in [0, 0.05) is 29.5 Å². The van der Waals surface area contributed by atoms with Gasteiger partial charge in [-0.25, -0.2) is 4.79 Å². The van der Waals surface area contributed by atoms with Crippen LogP contribution in [0, 0.1) is 6.92 Å². The summed E-state index contributed by atoms with van der Waals surface area (Å²) < 4.78 is 0. The predicted octanol–water partition coefficient (Wildman–Crippen LogP) is 3.12. The quantitative estimate of drug-likeness (QED) is 0.682. The molecule has 136 valence electrons. The second-order valence-corrected chi connectivity index (χ2v) is 6.49. The van der Waals surface area contributed by atoms with E-state index >= 15 is 0 Å². The maximum atomic E-state index is 12.5. The standard InChI is InChI=1S/C20H24N4O2/c1-14-9-10-15(19(25)22-17-8-5-11-21-13-17)12-18(14)24-20(26)23-16-6-3-2-4-7-16/h2-4,6-7,9-10,12,17,21H,5,8,11,13H2,1H3,(H,22,25)(H2,23,24,26)/t17-/m0/s1. The molecule has 0 spiro atoms. The third-order valence-electron chi connectivity index (χ3n) is 4.41. The van der Waals surface area contributed by atoms with E-state index in [1.165, 1.54) is 0 Å². The highest BCUT2D eigenvalue weighted by Crippen LogP contribution is 2.18. The number of aryl methyl sites for hydroxylation is 1. The first-order valence-electron chi connectivity index (χ1n) is 8.87. The number of para-hydroxylation sites is 1. The molecular formula is C20H24N4O2. The van der Waals surface area contributed by atoms with Crippen LogP contribution in [-0.2, 0) is 0 Å². The van der Waals surface area contributed by atoms with E-state index in [0.717, 1.165) is 31.5 Å². The molecule has 6 heteroatoms. The summed E-state index contributed by atoms with van der Waals surface area (Å²) in [5.41, 5.74) is 2.76. The highest BCUT2D eigenvalue weighted by Gasteiger charge is 2.17. The number of rotatable bonds is 4. The van der Waals surface area contributed by atoms with Crippen LogP contribution in [-0.4, -0.2) is 31.1 Å². The Morgan fingerprint density at radius 2 is 1.88 bits per heavy atom. The number of piperidine rings is 1. The summed E-state index contributed by atoms with van der Waals surface area (Å²) in [6.45, 7) is 3.69. The molecule has 3 rings (SSSR count). The van der Waals surface area contributed by atoms with E-state index in [-0.39, 0.29) is 18.0 Å². The van der Waals surface area contributed by atoms with E-state index in [2.05, 4.69) is 21.3 Å². The Morgan fingerprint density at radius 1 is 1.08 bits per heavy atom. The molecular weight excluding hydrogens is 328 g/mol. The molecule has 2 aromatic rings. The average molecular weight is 352 g/mol. The van der Waals surface area contributed by atoms with Crippen molar-refractivity contribution in [3.63, 3.8) is 0 Å². The van der Waals surface area contributed by atoms with Crippen molar-refractivity contribution in [2.75, 3.05) is 23.7 Å². The Balaban J connectivity index is 1.65. The van der Waals surface area contributed by atoms with Gasteiger partial charge < -0.3 is 21.3 Å². The monoisotopic (exact) mass is 352 g/mol. The first-order chi connectivity index (χ1) is 12.6. The predicted molar refractivity (Wildman–Crippen MR) is 104 cm³/mol. The second-order valence-electron chi connectivity index (χ2n) is 6.49. The van der Waals surface area contributed by atoms with Crippen molar-refractivity contribution >= 4 is 23.3 Å². The molecule has 0 unspecified atom stereocenters. The average Bonchev–Trinajstić information content (AvgIpc) is 2.65. The van der Waals surface area contributed by atoms with E-state index in [0.29, 0.717) is 16.9 Å². The summed E-state index contributed by atoms with van der Waals surface area (Å²) in [7, 11) is 0. The van der Waals surface area contributed by atoms with Gasteiger partial charge in [-0.2, -0.15) is 0 Å². The smallest absolute Gasteiger partial charge is 0.323 e. The number of hydrogen-bond donors (Lipinski definition) is 4. The third kappa shape index (κ3) is 4.83. The number of hydrogen-bond acceptors (Lipinski definition) is 3. The van der Waals surface area contributed by atoms with Gasteiger partial charge in [-0.05, 0) is 56.1 Å². The van der Waals surface area contributed by atoms with E-state index in [9.17, 15) is 9.59 Å². The van der Waals surface area contributed by atoms with Crippen LogP contribution in [0.25, 0.3) is 0 Å². The number of benzene rings is 2. The van der Waals surface area contributed by atoms with Crippen LogP contribution >= 0.6 is 0 Å². The van der Waals surface area contributed by atoms with Crippen LogP contribution in [0.15, 0.2) is 48.5 Å². The van der Waals surface area contributed by atoms with Crippen molar-refractivity contribution in [1.29, 1.82) is 0 Å². The van der Waals surface area contributed by atoms with Crippen LogP contribution < -0.4 is 21.3 Å². The van der Waals surface area contributed by atoms with Crippen molar-refractivity contribution in [2.24, 2.45) is 0 Å². The first kappa shape index (κ1) is 17.9. The number of carbonyl (C=O) groups is 2. The zero-order valence-electron chi connectivity index (χ0n) is 14.8. The fourth-order valence-corrected chi connectivity index (χ4v) is 2.95. The Hall–Kier alpha value is -2.86. The summed E-state index contributed by atoms with van der Waals surface area (Å²) in [5.74, 6) is -0.120. The lowest BCUT2D eigenvalue weighted by molar-refractivity contribution is 0.0930. The molecule has 4 N–H and O–H groups in total. The highest BCUT2D eigenvalue weighted by molar-refractivity contribution is 6.02. The Labute approximate surface area is 153 Å². The minimum Gasteiger partial charge on any atom is -0.348 e. The van der Waals surface area contributed by atoms with Gasteiger partial charge in [0.1, 0.15) is 0 Å². The van der Waals surface area contributed by atoms with Gasteiger partial charge in [-0.3, -0.25) is 4.79 Å². The van der Waals surface area contributed by atoms with Gasteiger partial charge in [0.15, 0.2) is 0 Å². The summed E-state index contributed by atoms with van der Waals surface area (Å²) in [6.07, 6.45) is 2.04. The molecule has 0 radical (unpaired) electrons. The fraction of sp³-hybridized carbons (Fsp3) is 0.300. The maximum absolute atomic E-state index is 12.5. The Morgan fingerprint density at radius 3 is 2.62 bits per heavy atom. The van der Waals surface area contributed by atoms with Crippen molar-refractivity contribution < 1.29 is 9.59 Å². The van der Waals surface area contributed by atoms with Gasteiger partial charge in [0.05, 0.1) is 0 Å². The molecule has 0 bridgehead atoms. The number of anilines is 2. The number of amides is 3. The lowest BCUT2D eigenvalue weighted by Gasteiger charge is -2.24. The largest absolute Gasteiger partial charge is 0.348 e. The van der Waals surface area contributed by atoms with E-state index < -0.39 is 0 Å². The van der Waals surface area contributed by atoms with Crippen molar-refractivity contribution in [3.8, 4) is 0 Å². The van der Waals surface area contributed by atoms with Gasteiger partial charge >= 0.3 is 6.03 Å². The molecule has 3 amide bonds. The molecule has 6 nitrogen and oxygen atoms in total. The molecule has 1 atom stereocenters. The topological polar surface area (TPSA) is 82.3 Å². The normalized spacial score (nSPS) is 16.6. The zero-order chi connectivity index (χ0) is 18.4. The Kier molecular flexibility index (Phi) is 5.86. The van der Waals surface area contributed by atoms with Crippen molar-refractivity contribution in [2.45, 2.75) is 25.8 Å². The molecule has 2 aromatic carbocycles. The van der Waals surface area contributed by atoms with Crippen LogP contribution in [0.2, 0.25) is 0 Å². The van der Waals surface area contributed by atoms with Gasteiger partial charge in [0.2, 0.25) is 0 Å². The molecule has 0 aliphatic carbocycles.